The van der Waals surface area contributed by atoms with Gasteiger partial charge in [0.1, 0.15) is 17.8 Å². The van der Waals surface area contributed by atoms with Crippen molar-refractivity contribution in [1.29, 1.82) is 0 Å². The molecule has 3 aromatic rings. The molecule has 0 unspecified atom stereocenters. The van der Waals surface area contributed by atoms with Crippen molar-refractivity contribution < 1.29 is 24.2 Å². The van der Waals surface area contributed by atoms with Gasteiger partial charge in [0.2, 0.25) is 5.88 Å². The average Bonchev–Trinajstić information content (AvgIpc) is 3.19. The normalized spacial score (nSPS) is 11.1. The quantitative estimate of drug-likeness (QED) is 0.242. The van der Waals surface area contributed by atoms with Gasteiger partial charge < -0.3 is 19.4 Å². The van der Waals surface area contributed by atoms with Gasteiger partial charge in [0.25, 0.3) is 0 Å². The maximum atomic E-state index is 11.5. The van der Waals surface area contributed by atoms with Crippen LogP contribution in [0.1, 0.15) is 16.1 Å². The molecule has 0 spiro atoms. The van der Waals surface area contributed by atoms with E-state index in [4.69, 9.17) is 9.47 Å². The van der Waals surface area contributed by atoms with Gasteiger partial charge in [-0.1, -0.05) is 5.16 Å². The molecule has 1 N–H and O–H groups in total. The fourth-order valence-corrected chi connectivity index (χ4v) is 2.24. The molecule has 0 aliphatic heterocycles. The van der Waals surface area contributed by atoms with E-state index in [0.717, 1.165) is 5.75 Å². The topological polar surface area (TPSA) is 108 Å². The summed E-state index contributed by atoms with van der Waals surface area (Å²) in [5.74, 6) is 1.24. The summed E-state index contributed by atoms with van der Waals surface area (Å²) in [7, 11) is 2.85. The largest absolute Gasteiger partial charge is 0.497 e. The van der Waals surface area contributed by atoms with E-state index < -0.39 is 5.97 Å². The number of ether oxygens (including phenoxy) is 3. The van der Waals surface area contributed by atoms with E-state index in [2.05, 4.69) is 19.9 Å². The highest BCUT2D eigenvalue weighted by atomic mass is 16.5. The molecule has 2 aromatic heterocycles. The Hall–Kier alpha value is -3.88. The first-order valence-electron chi connectivity index (χ1n) is 7.77. The van der Waals surface area contributed by atoms with E-state index in [1.54, 1.807) is 43.5 Å². The van der Waals surface area contributed by atoms with Gasteiger partial charge in [-0.15, -0.1) is 0 Å². The Morgan fingerprint density at radius 3 is 2.41 bits per heavy atom. The summed E-state index contributed by atoms with van der Waals surface area (Å²) >= 11 is 0. The summed E-state index contributed by atoms with van der Waals surface area (Å²) in [6.07, 6.45) is 4.21. The van der Waals surface area contributed by atoms with Crippen molar-refractivity contribution in [3.63, 3.8) is 0 Å². The van der Waals surface area contributed by atoms with Crippen molar-refractivity contribution in [2.24, 2.45) is 5.16 Å². The van der Waals surface area contributed by atoms with Crippen LogP contribution in [0, 0.1) is 0 Å². The van der Waals surface area contributed by atoms with E-state index >= 15 is 0 Å². The summed E-state index contributed by atoms with van der Waals surface area (Å²) in [4.78, 5) is 19.6. The van der Waals surface area contributed by atoms with Crippen molar-refractivity contribution >= 4 is 11.8 Å². The zero-order chi connectivity index (χ0) is 19.2. The zero-order valence-corrected chi connectivity index (χ0v) is 14.6. The third kappa shape index (κ3) is 4.03. The van der Waals surface area contributed by atoms with Crippen molar-refractivity contribution in [2.75, 3.05) is 14.2 Å². The van der Waals surface area contributed by atoms with Crippen LogP contribution in [0.4, 0.5) is 0 Å². The Bertz CT molecular complexity index is 949. The van der Waals surface area contributed by atoms with Crippen molar-refractivity contribution in [1.82, 2.24) is 14.5 Å². The molecule has 0 radical (unpaired) electrons. The second-order valence-corrected chi connectivity index (χ2v) is 5.24. The predicted molar refractivity (Wildman–Crippen MR) is 94.6 cm³/mol. The van der Waals surface area contributed by atoms with Crippen LogP contribution in [0.5, 0.6) is 17.4 Å². The standard InChI is InChI=1S/C18H16N4O5/c1-25-13-4-6-14(7-5-13)27-16-8-3-12(9-19-16)17(21-24)22-10-15(20-11-22)18(23)26-2/h3-11,24H,1-2H3/b21-17-. The predicted octanol–water partition coefficient (Wildman–Crippen LogP) is 2.55. The van der Waals surface area contributed by atoms with Crippen LogP contribution in [0.25, 0.3) is 0 Å². The van der Waals surface area contributed by atoms with Gasteiger partial charge in [0, 0.05) is 24.0 Å². The van der Waals surface area contributed by atoms with E-state index in [1.807, 2.05) is 0 Å². The molecule has 0 saturated carbocycles. The highest BCUT2D eigenvalue weighted by molar-refractivity contribution is 6.00. The molecule has 0 aliphatic carbocycles. The van der Waals surface area contributed by atoms with E-state index in [1.165, 1.54) is 30.4 Å². The van der Waals surface area contributed by atoms with Crippen molar-refractivity contribution in [3.8, 4) is 17.4 Å². The fourth-order valence-electron chi connectivity index (χ4n) is 2.24. The Morgan fingerprint density at radius 2 is 1.81 bits per heavy atom. The highest BCUT2D eigenvalue weighted by Gasteiger charge is 2.14. The molecule has 0 fully saturated rings. The molecule has 0 aliphatic rings. The van der Waals surface area contributed by atoms with Crippen LogP contribution in [0.15, 0.2) is 60.3 Å². The third-order valence-electron chi connectivity index (χ3n) is 3.59. The lowest BCUT2D eigenvalue weighted by atomic mass is 10.2. The molecule has 138 valence electrons. The molecule has 9 nitrogen and oxygen atoms in total. The van der Waals surface area contributed by atoms with Crippen LogP contribution in [0.3, 0.4) is 0 Å². The number of hydrogen-bond donors (Lipinski definition) is 1. The molecule has 27 heavy (non-hydrogen) atoms. The SMILES string of the molecule is COC(=O)c1cn(/C(=N\O)c2ccc(Oc3ccc(OC)cc3)nc2)cn1. The minimum absolute atomic E-state index is 0.0890. The first kappa shape index (κ1) is 17.9. The first-order valence-corrected chi connectivity index (χ1v) is 7.77. The summed E-state index contributed by atoms with van der Waals surface area (Å²) in [6, 6.07) is 10.4. The Balaban J connectivity index is 1.76. The lowest BCUT2D eigenvalue weighted by Crippen LogP contribution is -2.12. The maximum absolute atomic E-state index is 11.5. The van der Waals surface area contributed by atoms with Crippen LogP contribution in [0.2, 0.25) is 0 Å². The molecule has 9 heteroatoms. The number of carbonyl (C=O) groups is 1. The van der Waals surface area contributed by atoms with Gasteiger partial charge in [-0.25, -0.2) is 14.8 Å². The number of oxime groups is 1. The molecule has 2 heterocycles. The Morgan fingerprint density at radius 1 is 1.07 bits per heavy atom. The van der Waals surface area contributed by atoms with Gasteiger partial charge in [0.15, 0.2) is 11.5 Å². The van der Waals surface area contributed by atoms with Gasteiger partial charge >= 0.3 is 5.97 Å². The van der Waals surface area contributed by atoms with Gasteiger partial charge in [-0.3, -0.25) is 4.57 Å². The maximum Gasteiger partial charge on any atom is 0.358 e. The minimum Gasteiger partial charge on any atom is -0.497 e. The number of carbonyl (C=O) groups excluding carboxylic acids is 1. The summed E-state index contributed by atoms with van der Waals surface area (Å²) in [5, 5.41) is 12.6. The second-order valence-electron chi connectivity index (χ2n) is 5.24. The number of methoxy groups -OCH3 is 2. The zero-order valence-electron chi connectivity index (χ0n) is 14.6. The minimum atomic E-state index is -0.590. The average molecular weight is 368 g/mol. The lowest BCUT2D eigenvalue weighted by Gasteiger charge is -2.08. The lowest BCUT2D eigenvalue weighted by molar-refractivity contribution is 0.0594. The number of benzene rings is 1. The number of rotatable bonds is 5. The van der Waals surface area contributed by atoms with Gasteiger partial charge in [-0.05, 0) is 30.3 Å². The van der Waals surface area contributed by atoms with Crippen LogP contribution in [-0.2, 0) is 4.74 Å². The molecule has 1 aromatic carbocycles. The second kappa shape index (κ2) is 8.00. The number of imidazole rings is 1. The van der Waals surface area contributed by atoms with Gasteiger partial charge in [0.05, 0.1) is 14.2 Å². The number of pyridine rings is 1. The monoisotopic (exact) mass is 368 g/mol. The van der Waals surface area contributed by atoms with Crippen LogP contribution in [-0.4, -0.2) is 45.8 Å². The number of esters is 1. The number of aromatic nitrogens is 3. The highest BCUT2D eigenvalue weighted by Crippen LogP contribution is 2.22. The summed E-state index contributed by atoms with van der Waals surface area (Å²) in [6.45, 7) is 0. The van der Waals surface area contributed by atoms with E-state index in [9.17, 15) is 10.0 Å². The van der Waals surface area contributed by atoms with E-state index in [0.29, 0.717) is 17.2 Å². The molecular formula is C18H16N4O5. The smallest absolute Gasteiger partial charge is 0.358 e. The molecular weight excluding hydrogens is 352 g/mol. The molecule has 0 saturated heterocycles. The Labute approximate surface area is 154 Å². The molecule has 3 rings (SSSR count). The van der Waals surface area contributed by atoms with Crippen molar-refractivity contribution in [3.05, 3.63) is 66.4 Å². The third-order valence-corrected chi connectivity index (χ3v) is 3.59. The van der Waals surface area contributed by atoms with Crippen LogP contribution >= 0.6 is 0 Å². The number of nitrogens with zero attached hydrogens (tertiary/aromatic N) is 4. The molecule has 0 bridgehead atoms. The first-order chi connectivity index (χ1) is 13.1. The van der Waals surface area contributed by atoms with Crippen molar-refractivity contribution in [2.45, 2.75) is 0 Å². The Kier molecular flexibility index (Phi) is 5.31. The fraction of sp³-hybridized carbons (Fsp3) is 0.111. The molecule has 0 amide bonds. The van der Waals surface area contributed by atoms with E-state index in [-0.39, 0.29) is 11.5 Å². The molecule has 0 atom stereocenters. The summed E-state index contributed by atoms with van der Waals surface area (Å²) < 4.78 is 16.7. The van der Waals surface area contributed by atoms with Crippen LogP contribution < -0.4 is 9.47 Å². The van der Waals surface area contributed by atoms with Gasteiger partial charge in [-0.2, -0.15) is 0 Å². The summed E-state index contributed by atoms with van der Waals surface area (Å²) in [5.41, 5.74) is 0.583. The number of hydrogen-bond acceptors (Lipinski definition) is 8.